The van der Waals surface area contributed by atoms with Gasteiger partial charge in [0.15, 0.2) is 0 Å². The SMILES string of the molecule is Cc1cc(C)c([C@@H](C)NC(=O)CN(c2ccc(F)cc2)S(=O)(=O)N(C)C)cc1C. The number of nitrogens with one attached hydrogen (secondary N) is 1. The number of carbonyl (C=O) groups excluding carboxylic acids is 1. The van der Waals surface area contributed by atoms with E-state index < -0.39 is 28.5 Å². The van der Waals surface area contributed by atoms with Gasteiger partial charge < -0.3 is 5.32 Å². The monoisotopic (exact) mass is 421 g/mol. The molecule has 158 valence electrons. The number of hydrogen-bond donors (Lipinski definition) is 1. The van der Waals surface area contributed by atoms with Gasteiger partial charge in [0.25, 0.3) is 0 Å². The largest absolute Gasteiger partial charge is 0.348 e. The molecule has 2 aromatic carbocycles. The van der Waals surface area contributed by atoms with Crippen molar-refractivity contribution >= 4 is 21.8 Å². The summed E-state index contributed by atoms with van der Waals surface area (Å²) in [7, 11) is -1.18. The first-order valence-corrected chi connectivity index (χ1v) is 10.7. The number of carbonyl (C=O) groups is 1. The highest BCUT2D eigenvalue weighted by molar-refractivity contribution is 7.90. The number of aryl methyl sites for hydroxylation is 3. The Morgan fingerprint density at radius 1 is 1.03 bits per heavy atom. The molecule has 0 aromatic heterocycles. The van der Waals surface area contributed by atoms with Crippen molar-refractivity contribution in [1.29, 1.82) is 0 Å². The van der Waals surface area contributed by atoms with Crippen LogP contribution in [0.5, 0.6) is 0 Å². The normalized spacial score (nSPS) is 12.7. The van der Waals surface area contributed by atoms with Crippen molar-refractivity contribution in [3.05, 3.63) is 64.5 Å². The van der Waals surface area contributed by atoms with Crippen molar-refractivity contribution in [3.8, 4) is 0 Å². The summed E-state index contributed by atoms with van der Waals surface area (Å²) in [6, 6.07) is 8.79. The first-order valence-electron chi connectivity index (χ1n) is 9.26. The highest BCUT2D eigenvalue weighted by Gasteiger charge is 2.28. The zero-order valence-corrected chi connectivity index (χ0v) is 18.5. The van der Waals surface area contributed by atoms with Crippen LogP contribution in [0.1, 0.15) is 35.2 Å². The number of nitrogens with zero attached hydrogens (tertiary/aromatic N) is 2. The maximum Gasteiger partial charge on any atom is 0.304 e. The summed E-state index contributed by atoms with van der Waals surface area (Å²) in [5.74, 6) is -0.941. The lowest BCUT2D eigenvalue weighted by atomic mass is 9.96. The first-order chi connectivity index (χ1) is 13.4. The second-order valence-electron chi connectivity index (χ2n) is 7.36. The van der Waals surface area contributed by atoms with Crippen LogP contribution in [-0.4, -0.2) is 39.3 Å². The molecular weight excluding hydrogens is 393 g/mol. The van der Waals surface area contributed by atoms with Crippen molar-refractivity contribution in [3.63, 3.8) is 0 Å². The molecule has 0 spiro atoms. The number of benzene rings is 2. The molecule has 0 bridgehead atoms. The maximum absolute atomic E-state index is 13.3. The molecule has 0 heterocycles. The standard InChI is InChI=1S/C21H28FN3O3S/c1-14-11-16(3)20(12-15(14)2)17(4)23-21(26)13-25(29(27,28)24(5)6)19-9-7-18(22)8-10-19/h7-12,17H,13H2,1-6H3,(H,23,26)/t17-/m1/s1. The van der Waals surface area contributed by atoms with Gasteiger partial charge in [-0.2, -0.15) is 12.7 Å². The Balaban J connectivity index is 2.26. The topological polar surface area (TPSA) is 69.7 Å². The molecule has 29 heavy (non-hydrogen) atoms. The van der Waals surface area contributed by atoms with Gasteiger partial charge in [-0.3, -0.25) is 4.79 Å². The Morgan fingerprint density at radius 3 is 2.14 bits per heavy atom. The van der Waals surface area contributed by atoms with Gasteiger partial charge in [-0.1, -0.05) is 12.1 Å². The molecule has 2 aromatic rings. The molecule has 1 atom stereocenters. The van der Waals surface area contributed by atoms with Gasteiger partial charge >= 0.3 is 10.2 Å². The quantitative estimate of drug-likeness (QED) is 0.746. The molecule has 8 heteroatoms. The van der Waals surface area contributed by atoms with E-state index in [4.69, 9.17) is 0 Å². The lowest BCUT2D eigenvalue weighted by molar-refractivity contribution is -0.120. The third-order valence-electron chi connectivity index (χ3n) is 4.87. The van der Waals surface area contributed by atoms with E-state index in [0.717, 1.165) is 37.4 Å². The molecule has 0 saturated heterocycles. The summed E-state index contributed by atoms with van der Waals surface area (Å²) < 4.78 is 40.7. The summed E-state index contributed by atoms with van der Waals surface area (Å²) in [4.78, 5) is 12.7. The van der Waals surface area contributed by atoms with Crippen molar-refractivity contribution < 1.29 is 17.6 Å². The average molecular weight is 422 g/mol. The van der Waals surface area contributed by atoms with Gasteiger partial charge in [-0.25, -0.2) is 8.70 Å². The molecule has 1 amide bonds. The molecule has 0 unspecified atom stereocenters. The highest BCUT2D eigenvalue weighted by Crippen LogP contribution is 2.23. The van der Waals surface area contributed by atoms with Crippen LogP contribution >= 0.6 is 0 Å². The molecule has 1 N–H and O–H groups in total. The van der Waals surface area contributed by atoms with Gasteiger partial charge in [0, 0.05) is 14.1 Å². The minimum atomic E-state index is -3.94. The van der Waals surface area contributed by atoms with Crippen LogP contribution in [0.15, 0.2) is 36.4 Å². The second-order valence-corrected chi connectivity index (χ2v) is 9.42. The van der Waals surface area contributed by atoms with Crippen LogP contribution in [0.3, 0.4) is 0 Å². The van der Waals surface area contributed by atoms with Crippen LogP contribution in [0.25, 0.3) is 0 Å². The number of halogens is 1. The van der Waals surface area contributed by atoms with E-state index in [0.29, 0.717) is 0 Å². The van der Waals surface area contributed by atoms with E-state index in [9.17, 15) is 17.6 Å². The smallest absolute Gasteiger partial charge is 0.304 e. The van der Waals surface area contributed by atoms with Gasteiger partial charge in [-0.15, -0.1) is 0 Å². The van der Waals surface area contributed by atoms with E-state index in [-0.39, 0.29) is 11.7 Å². The fraction of sp³-hybridized carbons (Fsp3) is 0.381. The van der Waals surface area contributed by atoms with E-state index in [2.05, 4.69) is 11.4 Å². The Bertz CT molecular complexity index is 989. The highest BCUT2D eigenvalue weighted by atomic mass is 32.2. The predicted octanol–water partition coefficient (Wildman–Crippen LogP) is 3.24. The molecule has 0 saturated carbocycles. The van der Waals surface area contributed by atoms with Crippen molar-refractivity contribution in [2.75, 3.05) is 24.9 Å². The minimum Gasteiger partial charge on any atom is -0.348 e. The van der Waals surface area contributed by atoms with Crippen molar-refractivity contribution in [2.45, 2.75) is 33.7 Å². The third kappa shape index (κ3) is 5.33. The number of amides is 1. The molecule has 0 fully saturated rings. The maximum atomic E-state index is 13.3. The minimum absolute atomic E-state index is 0.213. The number of anilines is 1. The van der Waals surface area contributed by atoms with E-state index in [1.54, 1.807) is 0 Å². The average Bonchev–Trinajstić information content (AvgIpc) is 2.63. The molecule has 0 aliphatic rings. The van der Waals surface area contributed by atoms with E-state index in [1.165, 1.54) is 31.8 Å². The zero-order chi connectivity index (χ0) is 21.9. The summed E-state index contributed by atoms with van der Waals surface area (Å²) in [5, 5.41) is 2.87. The van der Waals surface area contributed by atoms with Gasteiger partial charge in [-0.05, 0) is 74.2 Å². The van der Waals surface area contributed by atoms with Crippen LogP contribution in [0.4, 0.5) is 10.1 Å². The molecule has 0 radical (unpaired) electrons. The lowest BCUT2D eigenvalue weighted by Crippen LogP contribution is -2.46. The fourth-order valence-corrected chi connectivity index (χ4v) is 4.12. The predicted molar refractivity (Wildman–Crippen MR) is 114 cm³/mol. The van der Waals surface area contributed by atoms with Crippen LogP contribution < -0.4 is 9.62 Å². The van der Waals surface area contributed by atoms with Gasteiger partial charge in [0.1, 0.15) is 12.4 Å². The van der Waals surface area contributed by atoms with Crippen molar-refractivity contribution in [1.82, 2.24) is 9.62 Å². The molecule has 2 rings (SSSR count). The van der Waals surface area contributed by atoms with Crippen LogP contribution in [0, 0.1) is 26.6 Å². The third-order valence-corrected chi connectivity index (χ3v) is 6.69. The van der Waals surface area contributed by atoms with Gasteiger partial charge in [0.05, 0.1) is 11.7 Å². The summed E-state index contributed by atoms with van der Waals surface area (Å²) >= 11 is 0. The Labute approximate surface area is 172 Å². The molecule has 0 aliphatic heterocycles. The van der Waals surface area contributed by atoms with Crippen molar-refractivity contribution in [2.24, 2.45) is 0 Å². The van der Waals surface area contributed by atoms with E-state index >= 15 is 0 Å². The lowest BCUT2D eigenvalue weighted by Gasteiger charge is -2.27. The number of hydrogen-bond acceptors (Lipinski definition) is 3. The molecule has 6 nitrogen and oxygen atoms in total. The van der Waals surface area contributed by atoms with Crippen LogP contribution in [-0.2, 0) is 15.0 Å². The summed E-state index contributed by atoms with van der Waals surface area (Å²) in [6.45, 7) is 7.46. The molecular formula is C21H28FN3O3S. The number of rotatable bonds is 7. The van der Waals surface area contributed by atoms with E-state index in [1.807, 2.05) is 33.8 Å². The Morgan fingerprint density at radius 2 is 1.59 bits per heavy atom. The van der Waals surface area contributed by atoms with Crippen LogP contribution in [0.2, 0.25) is 0 Å². The Kier molecular flexibility index (Phi) is 7.02. The zero-order valence-electron chi connectivity index (χ0n) is 17.7. The Hall–Kier alpha value is -2.45. The second kappa shape index (κ2) is 8.92. The van der Waals surface area contributed by atoms with Gasteiger partial charge in [0.2, 0.25) is 5.91 Å². The first kappa shape index (κ1) is 22.8. The molecule has 0 aliphatic carbocycles. The summed E-state index contributed by atoms with van der Waals surface area (Å²) in [6.07, 6.45) is 0. The fourth-order valence-electron chi connectivity index (χ4n) is 3.06. The summed E-state index contributed by atoms with van der Waals surface area (Å²) in [5.41, 5.74) is 4.53.